The molecule has 8 heteroatoms. The average molecular weight is 358 g/mol. The highest BCUT2D eigenvalue weighted by Crippen LogP contribution is 2.26. The first-order chi connectivity index (χ1) is 12.1. The Balaban J connectivity index is 1.96. The van der Waals surface area contributed by atoms with E-state index < -0.39 is 0 Å². The molecular formula is C17H15FN4O2S. The zero-order valence-corrected chi connectivity index (χ0v) is 14.1. The maximum Gasteiger partial charge on any atom is 0.216 e. The number of nitrogens with one attached hydrogen (secondary N) is 1. The topological polar surface area (TPSA) is 75.4 Å². The Morgan fingerprint density at radius 3 is 2.96 bits per heavy atom. The normalized spacial score (nSPS) is 11.1. The lowest BCUT2D eigenvalue weighted by molar-refractivity contribution is 0.318. The van der Waals surface area contributed by atoms with Crippen LogP contribution >= 0.6 is 12.2 Å². The third kappa shape index (κ3) is 3.74. The number of halogens is 1. The molecular weight excluding hydrogens is 343 g/mol. The van der Waals surface area contributed by atoms with Crippen molar-refractivity contribution in [2.45, 2.75) is 6.92 Å². The summed E-state index contributed by atoms with van der Waals surface area (Å²) >= 11 is 5.18. The molecule has 0 radical (unpaired) electrons. The van der Waals surface area contributed by atoms with Crippen molar-refractivity contribution in [3.05, 3.63) is 58.6 Å². The molecule has 0 spiro atoms. The first kappa shape index (κ1) is 16.8. The van der Waals surface area contributed by atoms with Crippen LogP contribution in [0.5, 0.6) is 11.5 Å². The Morgan fingerprint density at radius 2 is 2.20 bits per heavy atom. The number of ether oxygens (including phenoxy) is 1. The minimum absolute atomic E-state index is 0.0550. The van der Waals surface area contributed by atoms with Gasteiger partial charge < -0.3 is 9.84 Å². The number of phenolic OH excluding ortho intramolecular Hbond substituents is 1. The summed E-state index contributed by atoms with van der Waals surface area (Å²) in [5.74, 6) is 0.443. The SMILES string of the molecule is CCOc1cc(/C=N/n2c(-c3cccc(F)c3)n[nH]c2=S)ccc1O. The van der Waals surface area contributed by atoms with Crippen molar-refractivity contribution < 1.29 is 14.2 Å². The van der Waals surface area contributed by atoms with Crippen LogP contribution in [0, 0.1) is 10.6 Å². The molecule has 0 atom stereocenters. The molecule has 128 valence electrons. The number of aromatic amines is 1. The summed E-state index contributed by atoms with van der Waals surface area (Å²) in [4.78, 5) is 0. The molecule has 0 aliphatic rings. The van der Waals surface area contributed by atoms with Gasteiger partial charge in [-0.3, -0.25) is 0 Å². The number of benzene rings is 2. The fourth-order valence-electron chi connectivity index (χ4n) is 2.22. The van der Waals surface area contributed by atoms with E-state index >= 15 is 0 Å². The van der Waals surface area contributed by atoms with Crippen molar-refractivity contribution in [3.63, 3.8) is 0 Å². The Morgan fingerprint density at radius 1 is 1.36 bits per heavy atom. The quantitative estimate of drug-likeness (QED) is 0.538. The van der Waals surface area contributed by atoms with Gasteiger partial charge in [-0.2, -0.15) is 14.9 Å². The van der Waals surface area contributed by atoms with Gasteiger partial charge in [0.05, 0.1) is 12.8 Å². The van der Waals surface area contributed by atoms with Crippen molar-refractivity contribution in [2.24, 2.45) is 5.10 Å². The molecule has 1 aromatic heterocycles. The van der Waals surface area contributed by atoms with Crippen LogP contribution in [0.15, 0.2) is 47.6 Å². The second-order valence-electron chi connectivity index (χ2n) is 5.08. The second kappa shape index (κ2) is 7.27. The molecule has 0 bridgehead atoms. The highest BCUT2D eigenvalue weighted by atomic mass is 32.1. The Kier molecular flexibility index (Phi) is 4.90. The van der Waals surface area contributed by atoms with Gasteiger partial charge in [-0.05, 0) is 55.0 Å². The van der Waals surface area contributed by atoms with Gasteiger partial charge >= 0.3 is 0 Å². The minimum atomic E-state index is -0.373. The van der Waals surface area contributed by atoms with Crippen LogP contribution in [0.1, 0.15) is 12.5 Å². The van der Waals surface area contributed by atoms with Crippen LogP contribution in [0.2, 0.25) is 0 Å². The zero-order valence-electron chi connectivity index (χ0n) is 13.3. The van der Waals surface area contributed by atoms with Crippen molar-refractivity contribution >= 4 is 18.4 Å². The highest BCUT2D eigenvalue weighted by Gasteiger charge is 2.09. The summed E-state index contributed by atoms with van der Waals surface area (Å²) in [7, 11) is 0. The predicted octanol–water partition coefficient (Wildman–Crippen LogP) is 3.73. The molecule has 2 N–H and O–H groups in total. The van der Waals surface area contributed by atoms with Gasteiger partial charge in [0.15, 0.2) is 17.3 Å². The zero-order chi connectivity index (χ0) is 17.8. The van der Waals surface area contributed by atoms with E-state index in [-0.39, 0.29) is 16.3 Å². The summed E-state index contributed by atoms with van der Waals surface area (Å²) in [6.45, 7) is 2.26. The number of nitrogens with zero attached hydrogens (tertiary/aromatic N) is 3. The van der Waals surface area contributed by atoms with E-state index in [0.717, 1.165) is 0 Å². The molecule has 0 saturated carbocycles. The van der Waals surface area contributed by atoms with Gasteiger partial charge in [0.25, 0.3) is 0 Å². The molecule has 0 amide bonds. The van der Waals surface area contributed by atoms with E-state index in [1.54, 1.807) is 30.5 Å². The fourth-order valence-corrected chi connectivity index (χ4v) is 2.40. The van der Waals surface area contributed by atoms with Crippen LogP contribution in [0.25, 0.3) is 11.4 Å². The minimum Gasteiger partial charge on any atom is -0.504 e. The molecule has 0 unspecified atom stereocenters. The molecule has 0 saturated heterocycles. The largest absolute Gasteiger partial charge is 0.504 e. The Bertz CT molecular complexity index is 981. The average Bonchev–Trinajstić information content (AvgIpc) is 2.96. The summed E-state index contributed by atoms with van der Waals surface area (Å²) in [6, 6.07) is 10.9. The number of phenols is 1. The molecule has 0 aliphatic carbocycles. The summed E-state index contributed by atoms with van der Waals surface area (Å²) < 4.78 is 20.5. The summed E-state index contributed by atoms with van der Waals surface area (Å²) in [5.41, 5.74) is 1.25. The maximum absolute atomic E-state index is 13.4. The number of aromatic hydroxyl groups is 1. The van der Waals surface area contributed by atoms with Crippen LogP contribution < -0.4 is 4.74 Å². The van der Waals surface area contributed by atoms with Gasteiger partial charge in [0.1, 0.15) is 5.82 Å². The number of rotatable bonds is 5. The maximum atomic E-state index is 13.4. The highest BCUT2D eigenvalue weighted by molar-refractivity contribution is 7.71. The number of aromatic nitrogens is 3. The third-order valence-corrected chi connectivity index (χ3v) is 3.60. The first-order valence-electron chi connectivity index (χ1n) is 7.52. The Labute approximate surface area is 148 Å². The fraction of sp³-hybridized carbons (Fsp3) is 0.118. The Hall–Kier alpha value is -3.00. The van der Waals surface area contributed by atoms with E-state index in [2.05, 4.69) is 15.3 Å². The van der Waals surface area contributed by atoms with Crippen LogP contribution in [0.3, 0.4) is 0 Å². The lowest BCUT2D eigenvalue weighted by atomic mass is 10.2. The molecule has 0 fully saturated rings. The van der Waals surface area contributed by atoms with Crippen molar-refractivity contribution in [1.82, 2.24) is 14.9 Å². The van der Waals surface area contributed by atoms with Gasteiger partial charge in [0, 0.05) is 5.56 Å². The first-order valence-corrected chi connectivity index (χ1v) is 7.93. The predicted molar refractivity (Wildman–Crippen MR) is 95.1 cm³/mol. The molecule has 1 heterocycles. The number of hydrogen-bond donors (Lipinski definition) is 2. The molecule has 0 aliphatic heterocycles. The molecule has 3 rings (SSSR count). The standard InChI is InChI=1S/C17H15FN4O2S/c1-2-24-15-8-11(6-7-14(15)23)10-19-22-16(20-21-17(22)25)12-4-3-5-13(18)9-12/h3-10,23H,2H2,1H3,(H,21,25)/b19-10+. The lowest BCUT2D eigenvalue weighted by Gasteiger charge is -2.06. The third-order valence-electron chi connectivity index (χ3n) is 3.34. The van der Waals surface area contributed by atoms with E-state index in [0.29, 0.717) is 29.3 Å². The van der Waals surface area contributed by atoms with Crippen molar-refractivity contribution in [1.29, 1.82) is 0 Å². The summed E-state index contributed by atoms with van der Waals surface area (Å²) in [5, 5.41) is 20.8. The molecule has 6 nitrogen and oxygen atoms in total. The van der Waals surface area contributed by atoms with Crippen LogP contribution in [-0.4, -0.2) is 32.8 Å². The van der Waals surface area contributed by atoms with E-state index in [4.69, 9.17) is 17.0 Å². The van der Waals surface area contributed by atoms with Crippen LogP contribution in [0.4, 0.5) is 4.39 Å². The van der Waals surface area contributed by atoms with Gasteiger partial charge in [-0.1, -0.05) is 12.1 Å². The molecule has 25 heavy (non-hydrogen) atoms. The monoisotopic (exact) mass is 358 g/mol. The lowest BCUT2D eigenvalue weighted by Crippen LogP contribution is -1.96. The van der Waals surface area contributed by atoms with Gasteiger partial charge in [-0.25, -0.2) is 9.49 Å². The van der Waals surface area contributed by atoms with Crippen LogP contribution in [-0.2, 0) is 0 Å². The van der Waals surface area contributed by atoms with Crippen molar-refractivity contribution in [3.8, 4) is 22.9 Å². The number of H-pyrrole nitrogens is 1. The number of hydrogen-bond acceptors (Lipinski definition) is 5. The smallest absolute Gasteiger partial charge is 0.216 e. The summed E-state index contributed by atoms with van der Waals surface area (Å²) in [6.07, 6.45) is 1.55. The van der Waals surface area contributed by atoms with Gasteiger partial charge in [-0.15, -0.1) is 0 Å². The molecule has 2 aromatic carbocycles. The van der Waals surface area contributed by atoms with E-state index in [1.165, 1.54) is 22.9 Å². The van der Waals surface area contributed by atoms with E-state index in [9.17, 15) is 9.50 Å². The second-order valence-corrected chi connectivity index (χ2v) is 5.47. The molecule has 3 aromatic rings. The van der Waals surface area contributed by atoms with Crippen molar-refractivity contribution in [2.75, 3.05) is 6.61 Å². The van der Waals surface area contributed by atoms with Gasteiger partial charge in [0.2, 0.25) is 4.77 Å². The van der Waals surface area contributed by atoms with E-state index in [1.807, 2.05) is 6.92 Å².